The third kappa shape index (κ3) is 3.87. The second kappa shape index (κ2) is 6.61. The first-order chi connectivity index (χ1) is 9.63. The average Bonchev–Trinajstić information content (AvgIpc) is 3.29. The van der Waals surface area contributed by atoms with Gasteiger partial charge in [-0.2, -0.15) is 0 Å². The second-order valence-electron chi connectivity index (χ2n) is 4.91. The third-order valence-corrected chi connectivity index (χ3v) is 3.27. The van der Waals surface area contributed by atoms with Crippen LogP contribution in [0.15, 0.2) is 18.2 Å². The standard InChI is InChI=1S/C15H21NO4/c1-10(15(17)19-3)20-14-8-13(18-2)7-4-11(14)9-16-12-5-6-12/h4,7-8,10,12,16H,5-6,9H2,1-3H3. The molecule has 0 amide bonds. The minimum atomic E-state index is -0.646. The summed E-state index contributed by atoms with van der Waals surface area (Å²) in [4.78, 5) is 11.5. The number of hydrogen-bond acceptors (Lipinski definition) is 5. The van der Waals surface area contributed by atoms with Crippen LogP contribution in [0.4, 0.5) is 0 Å². The molecule has 1 N–H and O–H groups in total. The fourth-order valence-corrected chi connectivity index (χ4v) is 1.86. The van der Waals surface area contributed by atoms with Crippen molar-refractivity contribution in [1.29, 1.82) is 0 Å². The van der Waals surface area contributed by atoms with E-state index in [4.69, 9.17) is 9.47 Å². The molecule has 1 atom stereocenters. The molecule has 0 radical (unpaired) electrons. The normalized spacial score (nSPS) is 15.6. The Morgan fingerprint density at radius 1 is 1.40 bits per heavy atom. The van der Waals surface area contributed by atoms with Crippen LogP contribution in [-0.2, 0) is 16.1 Å². The van der Waals surface area contributed by atoms with Gasteiger partial charge >= 0.3 is 5.97 Å². The topological polar surface area (TPSA) is 56.8 Å². The Hall–Kier alpha value is -1.75. The van der Waals surface area contributed by atoms with Crippen molar-refractivity contribution in [2.75, 3.05) is 14.2 Å². The number of nitrogens with one attached hydrogen (secondary N) is 1. The molecule has 0 aromatic heterocycles. The minimum absolute atomic E-state index is 0.395. The van der Waals surface area contributed by atoms with Crippen molar-refractivity contribution in [1.82, 2.24) is 5.32 Å². The number of carbonyl (C=O) groups excluding carboxylic acids is 1. The molecule has 110 valence electrons. The number of carbonyl (C=O) groups is 1. The molecular weight excluding hydrogens is 258 g/mol. The van der Waals surface area contributed by atoms with Crippen LogP contribution in [0.3, 0.4) is 0 Å². The van der Waals surface area contributed by atoms with Gasteiger partial charge in [-0.1, -0.05) is 6.07 Å². The van der Waals surface area contributed by atoms with Gasteiger partial charge in [0.25, 0.3) is 0 Å². The summed E-state index contributed by atoms with van der Waals surface area (Å²) in [6, 6.07) is 6.25. The molecule has 1 aliphatic rings. The maximum Gasteiger partial charge on any atom is 0.346 e. The largest absolute Gasteiger partial charge is 0.497 e. The molecule has 1 saturated carbocycles. The smallest absolute Gasteiger partial charge is 0.346 e. The van der Waals surface area contributed by atoms with Crippen LogP contribution >= 0.6 is 0 Å². The second-order valence-corrected chi connectivity index (χ2v) is 4.91. The van der Waals surface area contributed by atoms with E-state index >= 15 is 0 Å². The van der Waals surface area contributed by atoms with E-state index in [1.165, 1.54) is 20.0 Å². The number of esters is 1. The summed E-state index contributed by atoms with van der Waals surface area (Å²) in [6.45, 7) is 2.39. The molecule has 0 aliphatic heterocycles. The maximum atomic E-state index is 11.5. The van der Waals surface area contributed by atoms with Crippen molar-refractivity contribution in [2.45, 2.75) is 38.5 Å². The molecule has 0 spiro atoms. The van der Waals surface area contributed by atoms with Crippen LogP contribution in [-0.4, -0.2) is 32.3 Å². The van der Waals surface area contributed by atoms with Crippen LogP contribution in [0.1, 0.15) is 25.3 Å². The summed E-state index contributed by atoms with van der Waals surface area (Å²) in [7, 11) is 2.95. The monoisotopic (exact) mass is 279 g/mol. The van der Waals surface area contributed by atoms with Crippen LogP contribution < -0.4 is 14.8 Å². The first-order valence-electron chi connectivity index (χ1n) is 6.79. The van der Waals surface area contributed by atoms with E-state index < -0.39 is 12.1 Å². The molecule has 1 fully saturated rings. The van der Waals surface area contributed by atoms with Crippen molar-refractivity contribution in [3.05, 3.63) is 23.8 Å². The molecule has 0 saturated heterocycles. The average molecular weight is 279 g/mol. The van der Waals surface area contributed by atoms with E-state index in [9.17, 15) is 4.79 Å². The first-order valence-corrected chi connectivity index (χ1v) is 6.79. The van der Waals surface area contributed by atoms with Crippen LogP contribution in [0.5, 0.6) is 11.5 Å². The van der Waals surface area contributed by atoms with Gasteiger partial charge in [-0.25, -0.2) is 4.79 Å². The quantitative estimate of drug-likeness (QED) is 0.772. The molecule has 20 heavy (non-hydrogen) atoms. The number of methoxy groups -OCH3 is 2. The number of benzene rings is 1. The molecular formula is C15H21NO4. The molecule has 1 aliphatic carbocycles. The van der Waals surface area contributed by atoms with E-state index in [0.29, 0.717) is 17.5 Å². The number of hydrogen-bond donors (Lipinski definition) is 1. The Morgan fingerprint density at radius 3 is 2.75 bits per heavy atom. The summed E-state index contributed by atoms with van der Waals surface area (Å²) >= 11 is 0. The Balaban J connectivity index is 2.10. The lowest BCUT2D eigenvalue weighted by Crippen LogP contribution is -2.26. The van der Waals surface area contributed by atoms with Crippen molar-refractivity contribution in [3.8, 4) is 11.5 Å². The number of rotatable bonds is 7. The third-order valence-electron chi connectivity index (χ3n) is 3.27. The highest BCUT2D eigenvalue weighted by atomic mass is 16.6. The van der Waals surface area contributed by atoms with Gasteiger partial charge < -0.3 is 19.5 Å². The Kier molecular flexibility index (Phi) is 4.84. The van der Waals surface area contributed by atoms with Crippen molar-refractivity contribution < 1.29 is 19.0 Å². The van der Waals surface area contributed by atoms with E-state index in [1.807, 2.05) is 12.1 Å². The summed E-state index contributed by atoms with van der Waals surface area (Å²) in [5.74, 6) is 0.955. The highest BCUT2D eigenvalue weighted by Crippen LogP contribution is 2.27. The maximum absolute atomic E-state index is 11.5. The summed E-state index contributed by atoms with van der Waals surface area (Å²) in [6.07, 6.45) is 1.81. The SMILES string of the molecule is COC(=O)C(C)Oc1cc(OC)ccc1CNC1CC1. The van der Waals surface area contributed by atoms with Crippen LogP contribution in [0.2, 0.25) is 0 Å². The lowest BCUT2D eigenvalue weighted by Gasteiger charge is -2.17. The highest BCUT2D eigenvalue weighted by molar-refractivity contribution is 5.74. The van der Waals surface area contributed by atoms with Gasteiger partial charge in [0.2, 0.25) is 0 Å². The minimum Gasteiger partial charge on any atom is -0.497 e. The summed E-state index contributed by atoms with van der Waals surface area (Å²) < 4.78 is 15.6. The fraction of sp³-hybridized carbons (Fsp3) is 0.533. The predicted octanol–water partition coefficient (Wildman–Crippen LogP) is 1.89. The molecule has 1 aromatic rings. The van der Waals surface area contributed by atoms with Crippen molar-refractivity contribution in [3.63, 3.8) is 0 Å². The lowest BCUT2D eigenvalue weighted by atomic mass is 10.2. The van der Waals surface area contributed by atoms with Crippen molar-refractivity contribution >= 4 is 5.97 Å². The Labute approximate surface area is 119 Å². The van der Waals surface area contributed by atoms with Gasteiger partial charge in [-0.15, -0.1) is 0 Å². The van der Waals surface area contributed by atoms with E-state index in [0.717, 1.165) is 12.1 Å². The van der Waals surface area contributed by atoms with Crippen LogP contribution in [0, 0.1) is 0 Å². The fourth-order valence-electron chi connectivity index (χ4n) is 1.86. The van der Waals surface area contributed by atoms with E-state index in [1.54, 1.807) is 20.1 Å². The van der Waals surface area contributed by atoms with Gasteiger partial charge in [0, 0.05) is 24.2 Å². The Bertz CT molecular complexity index is 471. The zero-order chi connectivity index (χ0) is 14.5. The van der Waals surface area contributed by atoms with Crippen molar-refractivity contribution in [2.24, 2.45) is 0 Å². The molecule has 5 heteroatoms. The lowest BCUT2D eigenvalue weighted by molar-refractivity contribution is -0.147. The zero-order valence-electron chi connectivity index (χ0n) is 12.1. The zero-order valence-corrected chi connectivity index (χ0v) is 12.1. The summed E-state index contributed by atoms with van der Waals surface area (Å²) in [5, 5.41) is 3.43. The van der Waals surface area contributed by atoms with E-state index in [2.05, 4.69) is 10.1 Å². The molecule has 2 rings (SSSR count). The van der Waals surface area contributed by atoms with Gasteiger partial charge in [0.1, 0.15) is 11.5 Å². The van der Waals surface area contributed by atoms with E-state index in [-0.39, 0.29) is 0 Å². The molecule has 5 nitrogen and oxygen atoms in total. The van der Waals surface area contributed by atoms with Gasteiger partial charge in [0.15, 0.2) is 6.10 Å². The Morgan fingerprint density at radius 2 is 2.15 bits per heavy atom. The number of ether oxygens (including phenoxy) is 3. The van der Waals surface area contributed by atoms with Gasteiger partial charge in [-0.05, 0) is 25.8 Å². The molecule has 1 unspecified atom stereocenters. The van der Waals surface area contributed by atoms with Crippen LogP contribution in [0.25, 0.3) is 0 Å². The molecule has 0 heterocycles. The molecule has 0 bridgehead atoms. The highest BCUT2D eigenvalue weighted by Gasteiger charge is 2.22. The first kappa shape index (κ1) is 14.7. The van der Waals surface area contributed by atoms with Gasteiger partial charge in [0.05, 0.1) is 14.2 Å². The van der Waals surface area contributed by atoms with Gasteiger partial charge in [-0.3, -0.25) is 0 Å². The predicted molar refractivity (Wildman–Crippen MR) is 75.0 cm³/mol. The molecule has 1 aromatic carbocycles. The summed E-state index contributed by atoms with van der Waals surface area (Å²) in [5.41, 5.74) is 1.01.